The molecule has 5 aromatic rings. The highest BCUT2D eigenvalue weighted by molar-refractivity contribution is 5.95. The predicted molar refractivity (Wildman–Crippen MR) is 98.8 cm³/mol. The molecular formula is C19H14N6. The van der Waals surface area contributed by atoms with Crippen molar-refractivity contribution in [2.75, 3.05) is 5.73 Å². The van der Waals surface area contributed by atoms with E-state index < -0.39 is 0 Å². The van der Waals surface area contributed by atoms with Gasteiger partial charge in [-0.1, -0.05) is 18.2 Å². The molecule has 120 valence electrons. The minimum Gasteiger partial charge on any atom is -0.397 e. The van der Waals surface area contributed by atoms with Crippen LogP contribution in [0.1, 0.15) is 0 Å². The Kier molecular flexibility index (Phi) is 2.84. The first-order chi connectivity index (χ1) is 12.3. The molecule has 5 rings (SSSR count). The number of aromatic nitrogens is 5. The summed E-state index contributed by atoms with van der Waals surface area (Å²) in [5.41, 5.74) is 12.0. The lowest BCUT2D eigenvalue weighted by Gasteiger charge is -2.02. The number of nitrogen functional groups attached to an aromatic ring is 1. The first kappa shape index (κ1) is 13.7. The van der Waals surface area contributed by atoms with Crippen molar-refractivity contribution in [3.63, 3.8) is 0 Å². The number of para-hydroxylation sites is 1. The Morgan fingerprint density at radius 2 is 1.80 bits per heavy atom. The van der Waals surface area contributed by atoms with Gasteiger partial charge in [-0.2, -0.15) is 5.10 Å². The number of pyridine rings is 2. The van der Waals surface area contributed by atoms with Gasteiger partial charge in [0.15, 0.2) is 5.65 Å². The van der Waals surface area contributed by atoms with Gasteiger partial charge in [0.05, 0.1) is 11.4 Å². The monoisotopic (exact) mass is 326 g/mol. The number of aromatic amines is 2. The molecule has 0 spiro atoms. The van der Waals surface area contributed by atoms with Crippen molar-refractivity contribution in [1.82, 2.24) is 25.1 Å². The van der Waals surface area contributed by atoms with Crippen LogP contribution in [0.3, 0.4) is 0 Å². The molecule has 4 heterocycles. The van der Waals surface area contributed by atoms with E-state index >= 15 is 0 Å². The van der Waals surface area contributed by atoms with E-state index in [-0.39, 0.29) is 0 Å². The summed E-state index contributed by atoms with van der Waals surface area (Å²) in [4.78, 5) is 12.1. The third kappa shape index (κ3) is 2.23. The zero-order valence-corrected chi connectivity index (χ0v) is 13.2. The number of hydrogen-bond acceptors (Lipinski definition) is 4. The summed E-state index contributed by atoms with van der Waals surface area (Å²) in [7, 11) is 0. The van der Waals surface area contributed by atoms with Gasteiger partial charge < -0.3 is 10.7 Å². The molecule has 0 bridgehead atoms. The molecule has 6 heteroatoms. The Balaban J connectivity index is 1.70. The molecule has 0 aliphatic rings. The summed E-state index contributed by atoms with van der Waals surface area (Å²) in [6.45, 7) is 0. The molecule has 0 saturated heterocycles. The third-order valence-corrected chi connectivity index (χ3v) is 4.29. The maximum Gasteiger partial charge on any atom is 0.155 e. The summed E-state index contributed by atoms with van der Waals surface area (Å²) >= 11 is 0. The van der Waals surface area contributed by atoms with E-state index in [2.05, 4.69) is 49.4 Å². The Morgan fingerprint density at radius 1 is 0.920 bits per heavy atom. The molecule has 0 saturated carbocycles. The van der Waals surface area contributed by atoms with Crippen molar-refractivity contribution in [3.05, 3.63) is 61.1 Å². The minimum absolute atomic E-state index is 0.626. The van der Waals surface area contributed by atoms with Crippen LogP contribution >= 0.6 is 0 Å². The molecule has 4 N–H and O–H groups in total. The molecule has 1 aromatic carbocycles. The second-order valence-electron chi connectivity index (χ2n) is 5.97. The number of rotatable bonds is 2. The molecule has 25 heavy (non-hydrogen) atoms. The van der Waals surface area contributed by atoms with Crippen LogP contribution in [0, 0.1) is 0 Å². The van der Waals surface area contributed by atoms with Gasteiger partial charge in [0.2, 0.25) is 0 Å². The van der Waals surface area contributed by atoms with Crippen LogP contribution in [-0.4, -0.2) is 25.1 Å². The van der Waals surface area contributed by atoms with Crippen LogP contribution in [0.25, 0.3) is 44.5 Å². The number of H-pyrrole nitrogens is 2. The van der Waals surface area contributed by atoms with Gasteiger partial charge >= 0.3 is 0 Å². The molecule has 0 aliphatic carbocycles. The first-order valence-corrected chi connectivity index (χ1v) is 7.91. The number of anilines is 1. The molecule has 0 atom stereocenters. The summed E-state index contributed by atoms with van der Waals surface area (Å²) in [5, 5.41) is 9.55. The van der Waals surface area contributed by atoms with Gasteiger partial charge in [0.25, 0.3) is 0 Å². The van der Waals surface area contributed by atoms with Crippen molar-refractivity contribution in [2.45, 2.75) is 0 Å². The van der Waals surface area contributed by atoms with E-state index in [0.717, 1.165) is 44.5 Å². The standard InChI is InChI=1S/C19H14N6/c20-14-5-12(8-21-10-14)13-6-15-18(24-25-19(15)22-9-13)17-7-11-3-1-2-4-16(11)23-17/h1-10,23H,20H2,(H,22,24,25). The average molecular weight is 326 g/mol. The summed E-state index contributed by atoms with van der Waals surface area (Å²) in [5.74, 6) is 0. The lowest BCUT2D eigenvalue weighted by atomic mass is 10.1. The van der Waals surface area contributed by atoms with Crippen LogP contribution in [0.5, 0.6) is 0 Å². The highest BCUT2D eigenvalue weighted by Gasteiger charge is 2.13. The van der Waals surface area contributed by atoms with E-state index in [0.29, 0.717) is 5.69 Å². The fraction of sp³-hybridized carbons (Fsp3) is 0. The van der Waals surface area contributed by atoms with Crippen LogP contribution in [0.4, 0.5) is 5.69 Å². The van der Waals surface area contributed by atoms with Gasteiger partial charge in [-0.25, -0.2) is 4.98 Å². The molecular weight excluding hydrogens is 312 g/mol. The normalized spacial score (nSPS) is 11.4. The van der Waals surface area contributed by atoms with E-state index in [1.165, 1.54) is 0 Å². The number of nitrogens with one attached hydrogen (secondary N) is 2. The summed E-state index contributed by atoms with van der Waals surface area (Å²) in [6.07, 6.45) is 5.21. The van der Waals surface area contributed by atoms with Gasteiger partial charge in [0, 0.05) is 46.0 Å². The van der Waals surface area contributed by atoms with Gasteiger partial charge in [-0.05, 0) is 24.3 Å². The van der Waals surface area contributed by atoms with E-state index in [1.807, 2.05) is 18.2 Å². The molecule has 4 aromatic heterocycles. The number of nitrogens with two attached hydrogens (primary N) is 1. The Hall–Kier alpha value is -3.67. The second kappa shape index (κ2) is 5.17. The van der Waals surface area contributed by atoms with E-state index in [4.69, 9.17) is 5.73 Å². The third-order valence-electron chi connectivity index (χ3n) is 4.29. The Labute approximate surface area is 142 Å². The molecule has 0 aliphatic heterocycles. The zero-order chi connectivity index (χ0) is 16.8. The lowest BCUT2D eigenvalue weighted by molar-refractivity contribution is 1.10. The van der Waals surface area contributed by atoms with Crippen LogP contribution in [0.2, 0.25) is 0 Å². The number of benzene rings is 1. The lowest BCUT2D eigenvalue weighted by Crippen LogP contribution is -1.88. The van der Waals surface area contributed by atoms with Crippen LogP contribution in [0.15, 0.2) is 61.1 Å². The van der Waals surface area contributed by atoms with Gasteiger partial charge in [-0.3, -0.25) is 10.1 Å². The van der Waals surface area contributed by atoms with Crippen molar-refractivity contribution in [2.24, 2.45) is 0 Å². The fourth-order valence-electron chi connectivity index (χ4n) is 3.08. The van der Waals surface area contributed by atoms with Crippen molar-refractivity contribution in [1.29, 1.82) is 0 Å². The SMILES string of the molecule is Nc1cncc(-c2cnc3[nH]nc(-c4cc5ccccc5[nH]4)c3c2)c1. The fourth-order valence-corrected chi connectivity index (χ4v) is 3.08. The van der Waals surface area contributed by atoms with Gasteiger partial charge in [0.1, 0.15) is 5.69 Å². The quantitative estimate of drug-likeness (QED) is 0.460. The highest BCUT2D eigenvalue weighted by Crippen LogP contribution is 2.30. The maximum absolute atomic E-state index is 5.85. The second-order valence-corrected chi connectivity index (χ2v) is 5.97. The minimum atomic E-state index is 0.626. The molecule has 0 radical (unpaired) electrons. The van der Waals surface area contributed by atoms with Crippen LogP contribution in [-0.2, 0) is 0 Å². The largest absolute Gasteiger partial charge is 0.397 e. The molecule has 6 nitrogen and oxygen atoms in total. The molecule has 0 unspecified atom stereocenters. The smallest absolute Gasteiger partial charge is 0.155 e. The topological polar surface area (TPSA) is 96.3 Å². The average Bonchev–Trinajstić information content (AvgIpc) is 3.24. The highest BCUT2D eigenvalue weighted by atomic mass is 15.2. The number of fused-ring (bicyclic) bond motifs is 2. The Morgan fingerprint density at radius 3 is 2.68 bits per heavy atom. The molecule has 0 fully saturated rings. The number of hydrogen-bond donors (Lipinski definition) is 3. The zero-order valence-electron chi connectivity index (χ0n) is 13.2. The van der Waals surface area contributed by atoms with E-state index in [9.17, 15) is 0 Å². The van der Waals surface area contributed by atoms with Gasteiger partial charge in [-0.15, -0.1) is 0 Å². The first-order valence-electron chi connectivity index (χ1n) is 7.91. The predicted octanol–water partition coefficient (Wildman–Crippen LogP) is 3.75. The van der Waals surface area contributed by atoms with Crippen molar-refractivity contribution in [3.8, 4) is 22.5 Å². The van der Waals surface area contributed by atoms with E-state index in [1.54, 1.807) is 18.6 Å². The van der Waals surface area contributed by atoms with Crippen molar-refractivity contribution < 1.29 is 0 Å². The maximum atomic E-state index is 5.85. The summed E-state index contributed by atoms with van der Waals surface area (Å²) in [6, 6.07) is 14.2. The molecule has 0 amide bonds. The summed E-state index contributed by atoms with van der Waals surface area (Å²) < 4.78 is 0. The van der Waals surface area contributed by atoms with Crippen LogP contribution < -0.4 is 5.73 Å². The Bertz CT molecular complexity index is 1180. The number of nitrogens with zero attached hydrogens (tertiary/aromatic N) is 3. The van der Waals surface area contributed by atoms with Crippen molar-refractivity contribution >= 4 is 27.6 Å².